The predicted molar refractivity (Wildman–Crippen MR) is 51.7 cm³/mol. The monoisotopic (exact) mass is 201 g/mol. The van der Waals surface area contributed by atoms with Crippen molar-refractivity contribution in [1.82, 2.24) is 0 Å². The Morgan fingerprint density at radius 1 is 1.46 bits per heavy atom. The molecule has 0 heterocycles. The van der Waals surface area contributed by atoms with Crippen LogP contribution >= 0.6 is 11.6 Å². The van der Waals surface area contributed by atoms with Gasteiger partial charge in [0.05, 0.1) is 17.2 Å². The van der Waals surface area contributed by atoms with Crippen molar-refractivity contribution < 1.29 is 10.2 Å². The van der Waals surface area contributed by atoms with Crippen molar-refractivity contribution in [1.29, 1.82) is 0 Å². The van der Waals surface area contributed by atoms with Crippen molar-refractivity contribution in [3.8, 4) is 5.75 Å². The molecule has 0 saturated carbocycles. The Hall–Kier alpha value is -0.770. The molecular weight excluding hydrogens is 190 g/mol. The van der Waals surface area contributed by atoms with Crippen LogP contribution in [0.25, 0.3) is 0 Å². The van der Waals surface area contributed by atoms with E-state index in [0.29, 0.717) is 5.56 Å². The van der Waals surface area contributed by atoms with Crippen LogP contribution in [-0.2, 0) is 0 Å². The summed E-state index contributed by atoms with van der Waals surface area (Å²) in [4.78, 5) is 0. The van der Waals surface area contributed by atoms with Crippen molar-refractivity contribution in [3.05, 3.63) is 28.8 Å². The van der Waals surface area contributed by atoms with Gasteiger partial charge < -0.3 is 15.9 Å². The molecule has 2 atom stereocenters. The molecule has 1 aromatic carbocycles. The molecule has 0 unspecified atom stereocenters. The summed E-state index contributed by atoms with van der Waals surface area (Å²) in [6.07, 6.45) is -0.652. The minimum Gasteiger partial charge on any atom is -0.506 e. The molecule has 0 aliphatic rings. The maximum Gasteiger partial charge on any atom is 0.134 e. The summed E-state index contributed by atoms with van der Waals surface area (Å²) in [6, 6.07) is 4.19. The molecule has 0 aliphatic carbocycles. The number of aliphatic hydroxyl groups is 1. The second-order valence-electron chi connectivity index (χ2n) is 2.98. The third-order valence-electron chi connectivity index (χ3n) is 1.87. The summed E-state index contributed by atoms with van der Waals surface area (Å²) < 4.78 is 0. The van der Waals surface area contributed by atoms with E-state index in [2.05, 4.69) is 0 Å². The third kappa shape index (κ3) is 2.34. The van der Waals surface area contributed by atoms with Gasteiger partial charge in [0.2, 0.25) is 0 Å². The van der Waals surface area contributed by atoms with Crippen molar-refractivity contribution in [2.75, 3.05) is 0 Å². The van der Waals surface area contributed by atoms with E-state index in [1.807, 2.05) is 0 Å². The van der Waals surface area contributed by atoms with Crippen LogP contribution in [-0.4, -0.2) is 16.3 Å². The normalized spacial score (nSPS) is 15.4. The summed E-state index contributed by atoms with van der Waals surface area (Å²) in [5, 5.41) is 18.7. The molecule has 0 radical (unpaired) electrons. The largest absolute Gasteiger partial charge is 0.506 e. The predicted octanol–water partition coefficient (Wildman–Crippen LogP) is 1.43. The maximum absolute atomic E-state index is 9.26. The van der Waals surface area contributed by atoms with Crippen LogP contribution in [0.4, 0.5) is 0 Å². The lowest BCUT2D eigenvalue weighted by Gasteiger charge is -2.15. The molecule has 0 aliphatic heterocycles. The summed E-state index contributed by atoms with van der Waals surface area (Å²) in [6.45, 7) is 1.59. The maximum atomic E-state index is 9.26. The number of aromatic hydroxyl groups is 1. The van der Waals surface area contributed by atoms with E-state index in [4.69, 9.17) is 17.3 Å². The number of benzene rings is 1. The van der Waals surface area contributed by atoms with Gasteiger partial charge >= 0.3 is 0 Å². The summed E-state index contributed by atoms with van der Waals surface area (Å²) in [5.41, 5.74) is 6.32. The molecule has 4 heteroatoms. The SMILES string of the molecule is C[C@H](O)[C@H](N)c1ccc(Cl)c(O)c1. The first-order chi connectivity index (χ1) is 6.02. The zero-order valence-electron chi connectivity index (χ0n) is 7.24. The zero-order valence-corrected chi connectivity index (χ0v) is 7.99. The summed E-state index contributed by atoms with van der Waals surface area (Å²) >= 11 is 5.61. The molecule has 3 nitrogen and oxygen atoms in total. The van der Waals surface area contributed by atoms with Crippen LogP contribution < -0.4 is 5.73 Å². The highest BCUT2D eigenvalue weighted by Gasteiger charge is 2.12. The number of halogens is 1. The van der Waals surface area contributed by atoms with Gasteiger partial charge in [-0.25, -0.2) is 0 Å². The van der Waals surface area contributed by atoms with Gasteiger partial charge in [-0.05, 0) is 24.6 Å². The van der Waals surface area contributed by atoms with E-state index in [-0.39, 0.29) is 10.8 Å². The Balaban J connectivity index is 2.97. The van der Waals surface area contributed by atoms with E-state index >= 15 is 0 Å². The Kier molecular flexibility index (Phi) is 3.14. The van der Waals surface area contributed by atoms with E-state index in [0.717, 1.165) is 0 Å². The van der Waals surface area contributed by atoms with Gasteiger partial charge in [0.1, 0.15) is 5.75 Å². The third-order valence-corrected chi connectivity index (χ3v) is 2.19. The topological polar surface area (TPSA) is 66.5 Å². The highest BCUT2D eigenvalue weighted by atomic mass is 35.5. The van der Waals surface area contributed by atoms with Crippen LogP contribution in [0.3, 0.4) is 0 Å². The standard InChI is InChI=1S/C9H12ClNO2/c1-5(12)9(11)6-2-3-7(10)8(13)4-6/h2-5,9,12-13H,11H2,1H3/t5-,9-/m0/s1. The molecule has 1 rings (SSSR count). The fraction of sp³-hybridized carbons (Fsp3) is 0.333. The first kappa shape index (κ1) is 10.3. The number of nitrogens with two attached hydrogens (primary N) is 1. The molecule has 0 aromatic heterocycles. The fourth-order valence-corrected chi connectivity index (χ4v) is 1.13. The highest BCUT2D eigenvalue weighted by molar-refractivity contribution is 6.32. The van der Waals surface area contributed by atoms with Crippen LogP contribution in [0.1, 0.15) is 18.5 Å². The number of phenolic OH excluding ortho intramolecular Hbond substituents is 1. The average Bonchev–Trinajstić information content (AvgIpc) is 2.08. The molecule has 0 saturated heterocycles. The fourth-order valence-electron chi connectivity index (χ4n) is 1.02. The quantitative estimate of drug-likeness (QED) is 0.678. The Morgan fingerprint density at radius 3 is 2.54 bits per heavy atom. The minimum absolute atomic E-state index is 0.0183. The number of aliphatic hydroxyl groups excluding tert-OH is 1. The summed E-state index contributed by atoms with van der Waals surface area (Å²) in [7, 11) is 0. The number of hydrogen-bond acceptors (Lipinski definition) is 3. The Morgan fingerprint density at radius 2 is 2.08 bits per heavy atom. The first-order valence-corrected chi connectivity index (χ1v) is 4.32. The molecule has 72 valence electrons. The average molecular weight is 202 g/mol. The van der Waals surface area contributed by atoms with Gasteiger partial charge in [0, 0.05) is 0 Å². The molecule has 0 spiro atoms. The lowest BCUT2D eigenvalue weighted by molar-refractivity contribution is 0.164. The first-order valence-electron chi connectivity index (χ1n) is 3.94. The summed E-state index contributed by atoms with van der Waals surface area (Å²) in [5.74, 6) is -0.0183. The Bertz CT molecular complexity index is 302. The second-order valence-corrected chi connectivity index (χ2v) is 3.38. The van der Waals surface area contributed by atoms with Gasteiger partial charge in [0.25, 0.3) is 0 Å². The van der Waals surface area contributed by atoms with Crippen LogP contribution in [0, 0.1) is 0 Å². The van der Waals surface area contributed by atoms with E-state index in [1.165, 1.54) is 6.07 Å². The van der Waals surface area contributed by atoms with Gasteiger partial charge in [-0.3, -0.25) is 0 Å². The van der Waals surface area contributed by atoms with Crippen molar-refractivity contribution in [2.24, 2.45) is 5.73 Å². The van der Waals surface area contributed by atoms with E-state index < -0.39 is 12.1 Å². The molecule has 0 fully saturated rings. The minimum atomic E-state index is -0.652. The molecular formula is C9H12ClNO2. The van der Waals surface area contributed by atoms with Gasteiger partial charge in [0.15, 0.2) is 0 Å². The molecule has 0 amide bonds. The van der Waals surface area contributed by atoms with Gasteiger partial charge in [-0.2, -0.15) is 0 Å². The van der Waals surface area contributed by atoms with Crippen LogP contribution in [0.15, 0.2) is 18.2 Å². The van der Waals surface area contributed by atoms with Crippen molar-refractivity contribution >= 4 is 11.6 Å². The second kappa shape index (κ2) is 3.96. The smallest absolute Gasteiger partial charge is 0.134 e. The van der Waals surface area contributed by atoms with Crippen molar-refractivity contribution in [3.63, 3.8) is 0 Å². The highest BCUT2D eigenvalue weighted by Crippen LogP contribution is 2.26. The van der Waals surface area contributed by atoms with Gasteiger partial charge in [-0.15, -0.1) is 0 Å². The lowest BCUT2D eigenvalue weighted by Crippen LogP contribution is -2.22. The van der Waals surface area contributed by atoms with E-state index in [1.54, 1.807) is 19.1 Å². The van der Waals surface area contributed by atoms with Crippen LogP contribution in [0.5, 0.6) is 5.75 Å². The van der Waals surface area contributed by atoms with Crippen molar-refractivity contribution in [2.45, 2.75) is 19.1 Å². The molecule has 13 heavy (non-hydrogen) atoms. The number of rotatable bonds is 2. The van der Waals surface area contributed by atoms with Gasteiger partial charge in [-0.1, -0.05) is 17.7 Å². The number of phenols is 1. The van der Waals surface area contributed by atoms with E-state index in [9.17, 15) is 10.2 Å². The van der Waals surface area contributed by atoms with Crippen LogP contribution in [0.2, 0.25) is 5.02 Å². The molecule has 4 N–H and O–H groups in total. The Labute approximate surface area is 81.8 Å². The molecule has 0 bridgehead atoms. The lowest BCUT2D eigenvalue weighted by atomic mass is 10.0. The zero-order chi connectivity index (χ0) is 10.0. The number of hydrogen-bond donors (Lipinski definition) is 3. The molecule has 1 aromatic rings.